The van der Waals surface area contributed by atoms with Crippen molar-refractivity contribution in [3.05, 3.63) is 39.4 Å². The van der Waals surface area contributed by atoms with Crippen molar-refractivity contribution in [2.75, 3.05) is 0 Å². The number of nitrogens with zero attached hydrogens (tertiary/aromatic N) is 1. The second-order valence-corrected chi connectivity index (χ2v) is 3.13. The van der Waals surface area contributed by atoms with Gasteiger partial charge in [0.25, 0.3) is 5.69 Å². The molecule has 0 aliphatic rings. The topological polar surface area (TPSA) is 106 Å². The van der Waals surface area contributed by atoms with Crippen molar-refractivity contribution >= 4 is 11.7 Å². The molecule has 0 heterocycles. The Hall–Kier alpha value is -1.95. The number of carboxylic acid groups (broad SMARTS) is 1. The Kier molecular flexibility index (Phi) is 3.01. The third-order valence-corrected chi connectivity index (χ3v) is 1.97. The zero-order valence-corrected chi connectivity index (χ0v) is 8.01. The van der Waals surface area contributed by atoms with Crippen molar-refractivity contribution in [3.8, 4) is 0 Å². The molecule has 15 heavy (non-hydrogen) atoms. The highest BCUT2D eigenvalue weighted by Gasteiger charge is 2.20. The molecule has 80 valence electrons. The average Bonchev–Trinajstić information content (AvgIpc) is 2.16. The summed E-state index contributed by atoms with van der Waals surface area (Å²) in [5.74, 6) is -1.32. The first-order valence-corrected chi connectivity index (χ1v) is 4.20. The van der Waals surface area contributed by atoms with E-state index in [0.717, 1.165) is 0 Å². The summed E-state index contributed by atoms with van der Waals surface area (Å²) >= 11 is 0. The maximum absolute atomic E-state index is 10.7. The quantitative estimate of drug-likeness (QED) is 0.577. The van der Waals surface area contributed by atoms with Crippen molar-refractivity contribution in [2.24, 2.45) is 5.73 Å². The van der Waals surface area contributed by atoms with Crippen molar-refractivity contribution < 1.29 is 14.8 Å². The first-order valence-electron chi connectivity index (χ1n) is 4.20. The van der Waals surface area contributed by atoms with Crippen LogP contribution in [0.3, 0.4) is 0 Å². The Morgan fingerprint density at radius 2 is 2.20 bits per heavy atom. The predicted octanol–water partition coefficient (Wildman–Crippen LogP) is 1.31. The van der Waals surface area contributed by atoms with E-state index in [-0.39, 0.29) is 11.6 Å². The SMILES string of the molecule is C[C@@H](N)c1ccc(C(=O)O)c([N+](=O)[O-])c1. The van der Waals surface area contributed by atoms with Crippen LogP contribution in [0.15, 0.2) is 18.2 Å². The molecule has 0 spiro atoms. The number of aromatic carboxylic acids is 1. The summed E-state index contributed by atoms with van der Waals surface area (Å²) in [6, 6.07) is 3.49. The highest BCUT2D eigenvalue weighted by Crippen LogP contribution is 2.22. The maximum Gasteiger partial charge on any atom is 0.342 e. The van der Waals surface area contributed by atoms with Crippen LogP contribution in [-0.4, -0.2) is 16.0 Å². The maximum atomic E-state index is 10.7. The molecule has 0 amide bonds. The first-order chi connectivity index (χ1) is 6.93. The Labute approximate surface area is 85.5 Å². The van der Waals surface area contributed by atoms with Crippen LogP contribution in [0, 0.1) is 10.1 Å². The Morgan fingerprint density at radius 1 is 1.60 bits per heavy atom. The molecular formula is C9H10N2O4. The summed E-state index contributed by atoms with van der Waals surface area (Å²) in [5, 5.41) is 19.3. The van der Waals surface area contributed by atoms with Gasteiger partial charge >= 0.3 is 5.97 Å². The lowest BCUT2D eigenvalue weighted by Gasteiger charge is -2.05. The van der Waals surface area contributed by atoms with Gasteiger partial charge in [0.2, 0.25) is 0 Å². The number of nitrogens with two attached hydrogens (primary N) is 1. The van der Waals surface area contributed by atoms with Gasteiger partial charge in [-0.05, 0) is 18.6 Å². The van der Waals surface area contributed by atoms with Crippen LogP contribution in [0.4, 0.5) is 5.69 Å². The van der Waals surface area contributed by atoms with Crippen LogP contribution in [0.1, 0.15) is 28.9 Å². The minimum Gasteiger partial charge on any atom is -0.477 e. The fourth-order valence-electron chi connectivity index (χ4n) is 1.16. The largest absolute Gasteiger partial charge is 0.477 e. The van der Waals surface area contributed by atoms with E-state index in [9.17, 15) is 14.9 Å². The van der Waals surface area contributed by atoms with Gasteiger partial charge in [-0.1, -0.05) is 6.07 Å². The fraction of sp³-hybridized carbons (Fsp3) is 0.222. The number of nitro benzene ring substituents is 1. The van der Waals surface area contributed by atoms with E-state index < -0.39 is 16.6 Å². The van der Waals surface area contributed by atoms with Crippen molar-refractivity contribution in [2.45, 2.75) is 13.0 Å². The zero-order chi connectivity index (χ0) is 11.6. The molecule has 1 rings (SSSR count). The molecule has 1 atom stereocenters. The number of carbonyl (C=O) groups is 1. The lowest BCUT2D eigenvalue weighted by Crippen LogP contribution is -2.08. The van der Waals surface area contributed by atoms with Gasteiger partial charge in [-0.2, -0.15) is 0 Å². The van der Waals surface area contributed by atoms with Gasteiger partial charge in [-0.15, -0.1) is 0 Å². The van der Waals surface area contributed by atoms with Gasteiger partial charge in [0, 0.05) is 12.1 Å². The molecule has 6 heteroatoms. The molecule has 0 aliphatic heterocycles. The molecule has 0 saturated carbocycles. The van der Waals surface area contributed by atoms with Crippen molar-refractivity contribution in [1.82, 2.24) is 0 Å². The van der Waals surface area contributed by atoms with Crippen LogP contribution >= 0.6 is 0 Å². The monoisotopic (exact) mass is 210 g/mol. The van der Waals surface area contributed by atoms with E-state index in [2.05, 4.69) is 0 Å². The third-order valence-electron chi connectivity index (χ3n) is 1.97. The number of rotatable bonds is 3. The molecule has 3 N–H and O–H groups in total. The molecule has 0 unspecified atom stereocenters. The molecule has 0 aliphatic carbocycles. The van der Waals surface area contributed by atoms with E-state index in [1.807, 2.05) is 0 Å². The van der Waals surface area contributed by atoms with Crippen LogP contribution in [0.5, 0.6) is 0 Å². The summed E-state index contributed by atoms with van der Waals surface area (Å²) in [6.07, 6.45) is 0. The Balaban J connectivity index is 3.33. The summed E-state index contributed by atoms with van der Waals surface area (Å²) in [5.41, 5.74) is 5.31. The van der Waals surface area contributed by atoms with Gasteiger partial charge < -0.3 is 10.8 Å². The second-order valence-electron chi connectivity index (χ2n) is 3.13. The number of hydrogen-bond donors (Lipinski definition) is 2. The molecule has 0 fully saturated rings. The molecule has 0 aromatic heterocycles. The van der Waals surface area contributed by atoms with Gasteiger partial charge in [0.15, 0.2) is 0 Å². The molecule has 1 aromatic rings. The van der Waals surface area contributed by atoms with Crippen LogP contribution in [0.2, 0.25) is 0 Å². The summed E-state index contributed by atoms with van der Waals surface area (Å²) in [4.78, 5) is 20.5. The van der Waals surface area contributed by atoms with E-state index in [0.29, 0.717) is 5.56 Å². The smallest absolute Gasteiger partial charge is 0.342 e. The number of nitro groups is 1. The van der Waals surface area contributed by atoms with Gasteiger partial charge in [-0.25, -0.2) is 4.79 Å². The summed E-state index contributed by atoms with van der Waals surface area (Å²) < 4.78 is 0. The Bertz CT molecular complexity index is 415. The first kappa shape index (κ1) is 11.1. The van der Waals surface area contributed by atoms with E-state index in [1.165, 1.54) is 18.2 Å². The number of carboxylic acids is 1. The Morgan fingerprint density at radius 3 is 2.60 bits per heavy atom. The molecule has 0 radical (unpaired) electrons. The standard InChI is InChI=1S/C9H10N2O4/c1-5(10)6-2-3-7(9(12)13)8(4-6)11(14)15/h2-5H,10H2,1H3,(H,12,13)/t5-/m1/s1. The molecule has 1 aromatic carbocycles. The van der Waals surface area contributed by atoms with Gasteiger partial charge in [0.05, 0.1) is 4.92 Å². The van der Waals surface area contributed by atoms with Crippen LogP contribution in [-0.2, 0) is 0 Å². The second kappa shape index (κ2) is 4.05. The molecule has 0 bridgehead atoms. The highest BCUT2D eigenvalue weighted by molar-refractivity contribution is 5.92. The fourth-order valence-corrected chi connectivity index (χ4v) is 1.16. The average molecular weight is 210 g/mol. The number of hydrogen-bond acceptors (Lipinski definition) is 4. The van der Waals surface area contributed by atoms with Crippen LogP contribution < -0.4 is 5.73 Å². The van der Waals surface area contributed by atoms with Crippen molar-refractivity contribution in [3.63, 3.8) is 0 Å². The van der Waals surface area contributed by atoms with E-state index >= 15 is 0 Å². The molecule has 6 nitrogen and oxygen atoms in total. The lowest BCUT2D eigenvalue weighted by atomic mass is 10.0. The van der Waals surface area contributed by atoms with Crippen LogP contribution in [0.25, 0.3) is 0 Å². The minimum atomic E-state index is -1.32. The molecular weight excluding hydrogens is 200 g/mol. The summed E-state index contributed by atoms with van der Waals surface area (Å²) in [6.45, 7) is 1.67. The molecule has 0 saturated heterocycles. The van der Waals surface area contributed by atoms with Crippen molar-refractivity contribution in [1.29, 1.82) is 0 Å². The van der Waals surface area contributed by atoms with E-state index in [1.54, 1.807) is 6.92 Å². The number of benzene rings is 1. The third kappa shape index (κ3) is 2.29. The predicted molar refractivity (Wildman–Crippen MR) is 52.7 cm³/mol. The minimum absolute atomic E-state index is 0.329. The normalized spacial score (nSPS) is 12.1. The van der Waals surface area contributed by atoms with Gasteiger partial charge in [0.1, 0.15) is 5.56 Å². The highest BCUT2D eigenvalue weighted by atomic mass is 16.6. The zero-order valence-electron chi connectivity index (χ0n) is 8.01. The van der Waals surface area contributed by atoms with Gasteiger partial charge in [-0.3, -0.25) is 10.1 Å². The summed E-state index contributed by atoms with van der Waals surface area (Å²) in [7, 11) is 0. The van der Waals surface area contributed by atoms with E-state index in [4.69, 9.17) is 10.8 Å². The lowest BCUT2D eigenvalue weighted by molar-refractivity contribution is -0.385.